The first kappa shape index (κ1) is 13.4. The number of nitrogens with one attached hydrogen (secondary N) is 1. The largest absolute Gasteiger partial charge is 0.492 e. The predicted octanol–water partition coefficient (Wildman–Crippen LogP) is 3.54. The van der Waals surface area contributed by atoms with E-state index in [-0.39, 0.29) is 0 Å². The zero-order valence-electron chi connectivity index (χ0n) is 11.5. The average molecular weight is 247 g/mol. The molecule has 1 aromatic carbocycles. The van der Waals surface area contributed by atoms with Crippen LogP contribution in [0.25, 0.3) is 0 Å². The van der Waals surface area contributed by atoms with Gasteiger partial charge < -0.3 is 10.1 Å². The number of benzene rings is 1. The van der Waals surface area contributed by atoms with Crippen LogP contribution in [-0.4, -0.2) is 19.7 Å². The van der Waals surface area contributed by atoms with E-state index < -0.39 is 0 Å². The quantitative estimate of drug-likeness (QED) is 0.776. The zero-order chi connectivity index (χ0) is 12.6. The normalized spacial score (nSPS) is 16.7. The van der Waals surface area contributed by atoms with Crippen molar-refractivity contribution < 1.29 is 4.74 Å². The van der Waals surface area contributed by atoms with Gasteiger partial charge in [-0.05, 0) is 43.9 Å². The van der Waals surface area contributed by atoms with Gasteiger partial charge in [-0.25, -0.2) is 0 Å². The summed E-state index contributed by atoms with van der Waals surface area (Å²) in [5.41, 5.74) is 1.21. The Balaban J connectivity index is 1.57. The second kappa shape index (κ2) is 7.42. The maximum atomic E-state index is 5.76. The van der Waals surface area contributed by atoms with Crippen molar-refractivity contribution in [3.63, 3.8) is 0 Å². The molecule has 0 bridgehead atoms. The molecule has 0 saturated heterocycles. The molecule has 1 fully saturated rings. The number of hydrogen-bond donors (Lipinski definition) is 1. The lowest BCUT2D eigenvalue weighted by atomic mass is 9.89. The standard InChI is InChI=1S/C16H25NO/c1-14-7-5-6-10-16(14)18-12-11-17-13-15-8-3-2-4-9-15/h5-7,10,15,17H,2-4,8-9,11-13H2,1H3. The SMILES string of the molecule is Cc1ccccc1OCCNCC1CCCCC1. The van der Waals surface area contributed by atoms with E-state index in [9.17, 15) is 0 Å². The molecule has 0 aromatic heterocycles. The predicted molar refractivity (Wildman–Crippen MR) is 76.1 cm³/mol. The molecule has 100 valence electrons. The van der Waals surface area contributed by atoms with Crippen LogP contribution in [-0.2, 0) is 0 Å². The molecule has 0 atom stereocenters. The summed E-state index contributed by atoms with van der Waals surface area (Å²) in [4.78, 5) is 0. The molecule has 2 nitrogen and oxygen atoms in total. The smallest absolute Gasteiger partial charge is 0.122 e. The van der Waals surface area contributed by atoms with E-state index in [1.54, 1.807) is 0 Å². The summed E-state index contributed by atoms with van der Waals surface area (Å²) in [7, 11) is 0. The molecule has 1 aromatic rings. The highest BCUT2D eigenvalue weighted by Gasteiger charge is 2.12. The Morgan fingerprint density at radius 1 is 1.17 bits per heavy atom. The van der Waals surface area contributed by atoms with Gasteiger partial charge in [0, 0.05) is 6.54 Å². The van der Waals surface area contributed by atoms with Crippen LogP contribution in [0.3, 0.4) is 0 Å². The Hall–Kier alpha value is -1.02. The second-order valence-electron chi connectivity index (χ2n) is 5.32. The summed E-state index contributed by atoms with van der Waals surface area (Å²) in [5.74, 6) is 1.91. The van der Waals surface area contributed by atoms with Gasteiger partial charge in [0.25, 0.3) is 0 Å². The third kappa shape index (κ3) is 4.34. The highest BCUT2D eigenvalue weighted by atomic mass is 16.5. The van der Waals surface area contributed by atoms with Gasteiger partial charge in [-0.1, -0.05) is 37.5 Å². The number of hydrogen-bond acceptors (Lipinski definition) is 2. The summed E-state index contributed by atoms with van der Waals surface area (Å²) >= 11 is 0. The molecule has 1 N–H and O–H groups in total. The first-order valence-corrected chi connectivity index (χ1v) is 7.25. The van der Waals surface area contributed by atoms with E-state index in [0.29, 0.717) is 0 Å². The molecule has 0 heterocycles. The van der Waals surface area contributed by atoms with Gasteiger partial charge >= 0.3 is 0 Å². The molecule has 0 amide bonds. The molecule has 2 rings (SSSR count). The van der Waals surface area contributed by atoms with Crippen LogP contribution < -0.4 is 10.1 Å². The van der Waals surface area contributed by atoms with E-state index in [1.165, 1.54) is 37.7 Å². The van der Waals surface area contributed by atoms with E-state index in [0.717, 1.165) is 31.4 Å². The molecule has 1 saturated carbocycles. The van der Waals surface area contributed by atoms with E-state index in [1.807, 2.05) is 18.2 Å². The Kier molecular flexibility index (Phi) is 5.53. The van der Waals surface area contributed by atoms with Crippen molar-refractivity contribution in [2.45, 2.75) is 39.0 Å². The monoisotopic (exact) mass is 247 g/mol. The third-order valence-corrected chi connectivity index (χ3v) is 3.79. The minimum atomic E-state index is 0.761. The summed E-state index contributed by atoms with van der Waals surface area (Å²) in [6.45, 7) is 4.96. The first-order chi connectivity index (χ1) is 8.86. The Labute approximate surface area is 111 Å². The van der Waals surface area contributed by atoms with Crippen LogP contribution in [0.2, 0.25) is 0 Å². The molecule has 0 unspecified atom stereocenters. The Bertz CT molecular complexity index is 345. The zero-order valence-corrected chi connectivity index (χ0v) is 11.5. The topological polar surface area (TPSA) is 21.3 Å². The van der Waals surface area contributed by atoms with Crippen molar-refractivity contribution in [3.05, 3.63) is 29.8 Å². The molecule has 18 heavy (non-hydrogen) atoms. The lowest BCUT2D eigenvalue weighted by Gasteiger charge is -2.21. The van der Waals surface area contributed by atoms with Crippen molar-refractivity contribution in [3.8, 4) is 5.75 Å². The molecule has 2 heteroatoms. The van der Waals surface area contributed by atoms with Gasteiger partial charge in [-0.3, -0.25) is 0 Å². The minimum absolute atomic E-state index is 0.761. The van der Waals surface area contributed by atoms with Crippen LogP contribution in [0.4, 0.5) is 0 Å². The van der Waals surface area contributed by atoms with Crippen molar-refractivity contribution in [1.29, 1.82) is 0 Å². The maximum absolute atomic E-state index is 5.76. The maximum Gasteiger partial charge on any atom is 0.122 e. The van der Waals surface area contributed by atoms with Crippen LogP contribution in [0.15, 0.2) is 24.3 Å². The highest BCUT2D eigenvalue weighted by molar-refractivity contribution is 5.31. The number of ether oxygens (including phenoxy) is 1. The number of rotatable bonds is 6. The molecular formula is C16H25NO. The van der Waals surface area contributed by atoms with Gasteiger partial charge in [-0.2, -0.15) is 0 Å². The van der Waals surface area contributed by atoms with Gasteiger partial charge in [0.2, 0.25) is 0 Å². The second-order valence-corrected chi connectivity index (χ2v) is 5.32. The van der Waals surface area contributed by atoms with Gasteiger partial charge in [0.15, 0.2) is 0 Å². The summed E-state index contributed by atoms with van der Waals surface area (Å²) in [6, 6.07) is 8.20. The molecular weight excluding hydrogens is 222 g/mol. The van der Waals surface area contributed by atoms with E-state index >= 15 is 0 Å². The Morgan fingerprint density at radius 3 is 2.72 bits per heavy atom. The fourth-order valence-corrected chi connectivity index (χ4v) is 2.65. The van der Waals surface area contributed by atoms with Gasteiger partial charge in [-0.15, -0.1) is 0 Å². The molecule has 0 spiro atoms. The van der Waals surface area contributed by atoms with Crippen molar-refractivity contribution >= 4 is 0 Å². The van der Waals surface area contributed by atoms with Crippen molar-refractivity contribution in [1.82, 2.24) is 5.32 Å². The van der Waals surface area contributed by atoms with Crippen molar-refractivity contribution in [2.75, 3.05) is 19.7 Å². The first-order valence-electron chi connectivity index (χ1n) is 7.25. The van der Waals surface area contributed by atoms with Gasteiger partial charge in [0.1, 0.15) is 12.4 Å². The number of para-hydroxylation sites is 1. The van der Waals surface area contributed by atoms with Crippen molar-refractivity contribution in [2.24, 2.45) is 5.92 Å². The van der Waals surface area contributed by atoms with Crippen LogP contribution >= 0.6 is 0 Å². The highest BCUT2D eigenvalue weighted by Crippen LogP contribution is 2.22. The summed E-state index contributed by atoms with van der Waals surface area (Å²) < 4.78 is 5.76. The molecule has 0 aliphatic heterocycles. The molecule has 1 aliphatic carbocycles. The van der Waals surface area contributed by atoms with Crippen LogP contribution in [0.5, 0.6) is 5.75 Å². The van der Waals surface area contributed by atoms with E-state index in [2.05, 4.69) is 18.3 Å². The van der Waals surface area contributed by atoms with Crippen LogP contribution in [0, 0.1) is 12.8 Å². The lowest BCUT2D eigenvalue weighted by molar-refractivity contribution is 0.293. The fraction of sp³-hybridized carbons (Fsp3) is 0.625. The van der Waals surface area contributed by atoms with Gasteiger partial charge in [0.05, 0.1) is 0 Å². The third-order valence-electron chi connectivity index (χ3n) is 3.79. The fourth-order valence-electron chi connectivity index (χ4n) is 2.65. The minimum Gasteiger partial charge on any atom is -0.492 e. The molecule has 0 radical (unpaired) electrons. The number of aryl methyl sites for hydroxylation is 1. The van der Waals surface area contributed by atoms with Crippen LogP contribution in [0.1, 0.15) is 37.7 Å². The molecule has 1 aliphatic rings. The lowest BCUT2D eigenvalue weighted by Crippen LogP contribution is -2.28. The average Bonchev–Trinajstić information content (AvgIpc) is 2.42. The Morgan fingerprint density at radius 2 is 1.94 bits per heavy atom. The van der Waals surface area contributed by atoms with E-state index in [4.69, 9.17) is 4.74 Å². The summed E-state index contributed by atoms with van der Waals surface area (Å²) in [6.07, 6.45) is 7.10. The summed E-state index contributed by atoms with van der Waals surface area (Å²) in [5, 5.41) is 3.52.